The van der Waals surface area contributed by atoms with Crippen molar-refractivity contribution in [1.82, 2.24) is 4.57 Å². The Kier molecular flexibility index (Phi) is 4.28. The van der Waals surface area contributed by atoms with E-state index < -0.39 is 5.97 Å². The Morgan fingerprint density at radius 1 is 1.25 bits per heavy atom. The molecule has 0 unspecified atom stereocenters. The maximum atomic E-state index is 12.8. The lowest BCUT2D eigenvalue weighted by molar-refractivity contribution is -0.136. The molecule has 1 N–H and O–H groups in total. The minimum Gasteiger partial charge on any atom is -0.481 e. The zero-order valence-corrected chi connectivity index (χ0v) is 14.2. The number of ether oxygens (including phenoxy) is 1. The molecule has 2 heterocycles. The molecule has 3 rings (SSSR count). The number of hydrogen-bond acceptors (Lipinski definition) is 3. The van der Waals surface area contributed by atoms with Crippen LogP contribution in [-0.2, 0) is 36.2 Å². The van der Waals surface area contributed by atoms with Crippen molar-refractivity contribution in [3.05, 3.63) is 56.5 Å². The highest BCUT2D eigenvalue weighted by Gasteiger charge is 2.23. The number of hydrogen-bond donors (Lipinski definition) is 1. The van der Waals surface area contributed by atoms with Gasteiger partial charge in [0, 0.05) is 19.2 Å². The van der Waals surface area contributed by atoms with Gasteiger partial charge in [0.25, 0.3) is 5.56 Å². The average Bonchev–Trinajstić information content (AvgIpc) is 3.01. The van der Waals surface area contributed by atoms with Crippen LogP contribution in [0, 0.1) is 13.8 Å². The molecule has 0 fully saturated rings. The quantitative estimate of drug-likeness (QED) is 0.937. The van der Waals surface area contributed by atoms with Crippen LogP contribution in [0.5, 0.6) is 0 Å². The predicted octanol–water partition coefficient (Wildman–Crippen LogP) is 2.72. The molecule has 1 aromatic heterocycles. The summed E-state index contributed by atoms with van der Waals surface area (Å²) >= 11 is 0. The number of fused-ring (bicyclic) bond motifs is 1. The van der Waals surface area contributed by atoms with Crippen LogP contribution < -0.4 is 5.56 Å². The minimum atomic E-state index is -0.810. The molecular formula is C19H21NO4. The van der Waals surface area contributed by atoms with E-state index in [1.165, 1.54) is 0 Å². The zero-order valence-electron chi connectivity index (χ0n) is 14.2. The number of rotatable bonds is 4. The number of aryl methyl sites for hydroxylation is 3. The molecule has 0 atom stereocenters. The maximum absolute atomic E-state index is 12.8. The molecule has 0 spiro atoms. The van der Waals surface area contributed by atoms with Gasteiger partial charge >= 0.3 is 5.97 Å². The monoisotopic (exact) mass is 327 g/mol. The molecule has 1 aromatic carbocycles. The fourth-order valence-corrected chi connectivity index (χ4v) is 3.36. The van der Waals surface area contributed by atoms with E-state index in [1.54, 1.807) is 11.6 Å². The number of carbonyl (C=O) groups is 1. The second-order valence-electron chi connectivity index (χ2n) is 6.32. The van der Waals surface area contributed by atoms with Gasteiger partial charge in [-0.2, -0.15) is 0 Å². The van der Waals surface area contributed by atoms with Gasteiger partial charge in [-0.3, -0.25) is 9.59 Å². The molecule has 1 aliphatic rings. The molecule has 0 bridgehead atoms. The molecule has 126 valence electrons. The largest absolute Gasteiger partial charge is 0.481 e. The van der Waals surface area contributed by atoms with Crippen LogP contribution >= 0.6 is 0 Å². The van der Waals surface area contributed by atoms with Crippen LogP contribution in [0.25, 0.3) is 11.1 Å². The van der Waals surface area contributed by atoms with Crippen LogP contribution in [-0.4, -0.2) is 15.6 Å². The van der Waals surface area contributed by atoms with E-state index in [0.29, 0.717) is 25.2 Å². The third-order valence-electron chi connectivity index (χ3n) is 4.77. The van der Waals surface area contributed by atoms with E-state index in [2.05, 4.69) is 0 Å². The van der Waals surface area contributed by atoms with Crippen molar-refractivity contribution in [1.29, 1.82) is 0 Å². The molecule has 2 aromatic rings. The van der Waals surface area contributed by atoms with Gasteiger partial charge < -0.3 is 14.4 Å². The first-order chi connectivity index (χ1) is 11.4. The third-order valence-corrected chi connectivity index (χ3v) is 4.77. The van der Waals surface area contributed by atoms with Crippen LogP contribution in [0.3, 0.4) is 0 Å². The highest BCUT2D eigenvalue weighted by atomic mass is 16.5. The molecule has 0 amide bonds. The molecule has 24 heavy (non-hydrogen) atoms. The Morgan fingerprint density at radius 2 is 1.96 bits per heavy atom. The fraction of sp³-hybridized carbons (Fsp3) is 0.368. The van der Waals surface area contributed by atoms with E-state index >= 15 is 0 Å². The summed E-state index contributed by atoms with van der Waals surface area (Å²) in [5, 5.41) is 8.91. The van der Waals surface area contributed by atoms with E-state index in [-0.39, 0.29) is 12.0 Å². The lowest BCUT2D eigenvalue weighted by Crippen LogP contribution is -2.22. The first kappa shape index (κ1) is 16.5. The highest BCUT2D eigenvalue weighted by Crippen LogP contribution is 2.34. The second kappa shape index (κ2) is 6.24. The van der Waals surface area contributed by atoms with Gasteiger partial charge in [0.15, 0.2) is 0 Å². The van der Waals surface area contributed by atoms with E-state index in [0.717, 1.165) is 33.5 Å². The van der Waals surface area contributed by atoms with Gasteiger partial charge in [-0.15, -0.1) is 0 Å². The standard InChI is InChI=1S/C19H21NO4/c1-11-8-12(2)20(3)19(23)18(11)14-6-4-13(5-7-17(21)22)15-9-24-10-16(14)15/h4,6,8H,5,7,9-10H2,1-3H3,(H,21,22). The highest BCUT2D eigenvalue weighted by molar-refractivity contribution is 5.73. The van der Waals surface area contributed by atoms with Crippen molar-refractivity contribution in [2.24, 2.45) is 7.05 Å². The lowest BCUT2D eigenvalue weighted by atomic mass is 9.90. The Labute approximate surface area is 140 Å². The van der Waals surface area contributed by atoms with Crippen molar-refractivity contribution < 1.29 is 14.6 Å². The molecular weight excluding hydrogens is 306 g/mol. The van der Waals surface area contributed by atoms with E-state index in [1.807, 2.05) is 32.0 Å². The normalized spacial score (nSPS) is 13.1. The first-order valence-corrected chi connectivity index (χ1v) is 8.01. The van der Waals surface area contributed by atoms with Crippen LogP contribution in [0.1, 0.15) is 34.4 Å². The Bertz CT molecular complexity index is 880. The molecule has 0 aliphatic carbocycles. The Morgan fingerprint density at radius 3 is 2.67 bits per heavy atom. The molecule has 1 aliphatic heterocycles. The summed E-state index contributed by atoms with van der Waals surface area (Å²) in [6.07, 6.45) is 0.573. The minimum absolute atomic E-state index is 0.0140. The van der Waals surface area contributed by atoms with Gasteiger partial charge in [0.2, 0.25) is 0 Å². The topological polar surface area (TPSA) is 68.5 Å². The summed E-state index contributed by atoms with van der Waals surface area (Å²) in [6.45, 7) is 4.80. The third kappa shape index (κ3) is 2.76. The lowest BCUT2D eigenvalue weighted by Gasteiger charge is -2.15. The maximum Gasteiger partial charge on any atom is 0.303 e. The van der Waals surface area contributed by atoms with Gasteiger partial charge in [0.1, 0.15) is 0 Å². The Hall–Kier alpha value is -2.40. The fourth-order valence-electron chi connectivity index (χ4n) is 3.36. The van der Waals surface area contributed by atoms with Crippen molar-refractivity contribution in [2.45, 2.75) is 39.9 Å². The molecule has 0 saturated carbocycles. The van der Waals surface area contributed by atoms with E-state index in [4.69, 9.17) is 9.84 Å². The van der Waals surface area contributed by atoms with Crippen molar-refractivity contribution in [3.8, 4) is 11.1 Å². The summed E-state index contributed by atoms with van der Waals surface area (Å²) in [5.74, 6) is -0.810. The number of pyridine rings is 1. The number of nitrogens with zero attached hydrogens (tertiary/aromatic N) is 1. The summed E-state index contributed by atoms with van der Waals surface area (Å²) < 4.78 is 7.26. The van der Waals surface area contributed by atoms with Crippen LogP contribution in [0.15, 0.2) is 23.0 Å². The smallest absolute Gasteiger partial charge is 0.303 e. The predicted molar refractivity (Wildman–Crippen MR) is 91.0 cm³/mol. The van der Waals surface area contributed by atoms with Crippen molar-refractivity contribution >= 4 is 5.97 Å². The van der Waals surface area contributed by atoms with Crippen molar-refractivity contribution in [3.63, 3.8) is 0 Å². The number of carboxylic acid groups (broad SMARTS) is 1. The average molecular weight is 327 g/mol. The molecule has 0 saturated heterocycles. The summed E-state index contributed by atoms with van der Waals surface area (Å²) in [5.41, 5.74) is 6.51. The van der Waals surface area contributed by atoms with Gasteiger partial charge in [-0.1, -0.05) is 12.1 Å². The Balaban J connectivity index is 2.15. The summed E-state index contributed by atoms with van der Waals surface area (Å²) in [6, 6.07) is 5.88. The second-order valence-corrected chi connectivity index (χ2v) is 6.32. The number of aromatic nitrogens is 1. The van der Waals surface area contributed by atoms with Gasteiger partial charge in [0.05, 0.1) is 18.8 Å². The molecule has 5 nitrogen and oxygen atoms in total. The van der Waals surface area contributed by atoms with Gasteiger partial charge in [-0.05, 0) is 54.2 Å². The van der Waals surface area contributed by atoms with E-state index in [9.17, 15) is 9.59 Å². The first-order valence-electron chi connectivity index (χ1n) is 8.01. The van der Waals surface area contributed by atoms with Crippen molar-refractivity contribution in [2.75, 3.05) is 0 Å². The molecule has 5 heteroatoms. The summed E-state index contributed by atoms with van der Waals surface area (Å²) in [7, 11) is 1.78. The summed E-state index contributed by atoms with van der Waals surface area (Å²) in [4.78, 5) is 23.6. The molecule has 0 radical (unpaired) electrons. The SMILES string of the molecule is Cc1cc(C)n(C)c(=O)c1-c1ccc(CCC(=O)O)c2c1COC2. The van der Waals surface area contributed by atoms with Gasteiger partial charge in [-0.25, -0.2) is 0 Å². The van der Waals surface area contributed by atoms with Crippen LogP contribution in [0.4, 0.5) is 0 Å². The van der Waals surface area contributed by atoms with Crippen LogP contribution in [0.2, 0.25) is 0 Å². The number of carboxylic acids is 1. The number of benzene rings is 1. The zero-order chi connectivity index (χ0) is 17.4. The number of aliphatic carboxylic acids is 1.